The van der Waals surface area contributed by atoms with Gasteiger partial charge in [0, 0.05) is 37.3 Å². The zero-order chi connectivity index (χ0) is 16.3. The van der Waals surface area contributed by atoms with Crippen LogP contribution in [0.4, 0.5) is 0 Å². The van der Waals surface area contributed by atoms with Crippen LogP contribution in [0, 0.1) is 0 Å². The molecule has 1 aromatic carbocycles. The first-order valence-corrected chi connectivity index (χ1v) is 9.31. The van der Waals surface area contributed by atoms with E-state index in [1.54, 1.807) is 34.6 Å². The van der Waals surface area contributed by atoms with E-state index in [9.17, 15) is 8.42 Å². The van der Waals surface area contributed by atoms with Gasteiger partial charge in [0.05, 0.1) is 11.1 Å². The lowest BCUT2D eigenvalue weighted by molar-refractivity contribution is 0.254. The Bertz CT molecular complexity index is 742. The van der Waals surface area contributed by atoms with Gasteiger partial charge in [-0.05, 0) is 18.6 Å². The van der Waals surface area contributed by atoms with Crippen LogP contribution < -0.4 is 5.32 Å². The molecule has 0 spiro atoms. The quantitative estimate of drug-likeness (QED) is 0.906. The van der Waals surface area contributed by atoms with E-state index in [4.69, 9.17) is 4.52 Å². The largest absolute Gasteiger partial charge is 0.356 e. The Hall–Kier alpha value is -1.70. The summed E-state index contributed by atoms with van der Waals surface area (Å²) in [6.45, 7) is 3.92. The molecule has 7 heteroatoms. The third-order valence-electron chi connectivity index (χ3n) is 4.10. The van der Waals surface area contributed by atoms with E-state index < -0.39 is 10.0 Å². The van der Waals surface area contributed by atoms with Gasteiger partial charge in [0.1, 0.15) is 0 Å². The topological polar surface area (TPSA) is 75.4 Å². The van der Waals surface area contributed by atoms with E-state index in [1.165, 1.54) is 6.20 Å². The number of hydrogen-bond donors (Lipinski definition) is 1. The first-order valence-electron chi connectivity index (χ1n) is 7.87. The van der Waals surface area contributed by atoms with Crippen LogP contribution in [0.3, 0.4) is 0 Å². The van der Waals surface area contributed by atoms with Gasteiger partial charge in [0.2, 0.25) is 10.0 Å². The first kappa shape index (κ1) is 16.2. The number of nitrogens with zero attached hydrogens (tertiary/aromatic N) is 2. The molecule has 124 valence electrons. The number of hydrogen-bond acceptors (Lipinski definition) is 5. The molecule has 1 unspecified atom stereocenters. The van der Waals surface area contributed by atoms with E-state index in [-0.39, 0.29) is 10.9 Å². The Morgan fingerprint density at radius 3 is 2.91 bits per heavy atom. The summed E-state index contributed by atoms with van der Waals surface area (Å²) < 4.78 is 33.2. The molecule has 6 nitrogen and oxygen atoms in total. The van der Waals surface area contributed by atoms with Crippen LogP contribution in [-0.2, 0) is 10.0 Å². The maximum absolute atomic E-state index is 13.2. The lowest BCUT2D eigenvalue weighted by Gasteiger charge is -2.35. The lowest BCUT2D eigenvalue weighted by Crippen LogP contribution is -2.53. The van der Waals surface area contributed by atoms with Crippen LogP contribution in [-0.4, -0.2) is 43.6 Å². The van der Waals surface area contributed by atoms with Gasteiger partial charge in [-0.3, -0.25) is 0 Å². The normalized spacial score (nSPS) is 19.8. The molecule has 1 fully saturated rings. The number of aromatic nitrogens is 1. The number of nitrogens with one attached hydrogen (secondary N) is 1. The molecule has 1 saturated heterocycles. The standard InChI is InChI=1S/C16H21N3O3S/c1-2-5-13-12-17-10-11-19(13)23(20,21)16-7-4-3-6-14(16)15-8-9-18-22-15/h3-4,6-9,13,17H,2,5,10-12H2,1H3. The second-order valence-electron chi connectivity index (χ2n) is 5.64. The summed E-state index contributed by atoms with van der Waals surface area (Å²) in [5.74, 6) is 0.464. The van der Waals surface area contributed by atoms with Gasteiger partial charge in [-0.15, -0.1) is 0 Å². The molecule has 1 aromatic heterocycles. The highest BCUT2D eigenvalue weighted by molar-refractivity contribution is 7.89. The molecular weight excluding hydrogens is 314 g/mol. The van der Waals surface area contributed by atoms with Gasteiger partial charge in [-0.1, -0.05) is 30.6 Å². The van der Waals surface area contributed by atoms with Crippen LogP contribution in [0.1, 0.15) is 19.8 Å². The summed E-state index contributed by atoms with van der Waals surface area (Å²) in [5.41, 5.74) is 0.554. The Kier molecular flexibility index (Phi) is 4.79. The van der Waals surface area contributed by atoms with Crippen LogP contribution in [0.15, 0.2) is 45.9 Å². The molecule has 1 N–H and O–H groups in total. The fourth-order valence-corrected chi connectivity index (χ4v) is 4.87. The summed E-state index contributed by atoms with van der Waals surface area (Å²) in [5, 5.41) is 6.97. The summed E-state index contributed by atoms with van der Waals surface area (Å²) in [6, 6.07) is 8.60. The fraction of sp³-hybridized carbons (Fsp3) is 0.438. The molecule has 23 heavy (non-hydrogen) atoms. The van der Waals surface area contributed by atoms with Crippen molar-refractivity contribution in [3.8, 4) is 11.3 Å². The highest BCUT2D eigenvalue weighted by Gasteiger charge is 2.34. The van der Waals surface area contributed by atoms with E-state index in [1.807, 2.05) is 0 Å². The molecule has 1 aliphatic heterocycles. The maximum atomic E-state index is 13.2. The summed E-state index contributed by atoms with van der Waals surface area (Å²) in [7, 11) is -3.58. The van der Waals surface area contributed by atoms with Gasteiger partial charge in [0.15, 0.2) is 5.76 Å². The third kappa shape index (κ3) is 3.17. The number of benzene rings is 1. The van der Waals surface area contributed by atoms with Crippen molar-refractivity contribution in [1.82, 2.24) is 14.8 Å². The summed E-state index contributed by atoms with van der Waals surface area (Å²) >= 11 is 0. The Morgan fingerprint density at radius 2 is 2.17 bits per heavy atom. The molecule has 0 amide bonds. The molecular formula is C16H21N3O3S. The predicted molar refractivity (Wildman–Crippen MR) is 87.4 cm³/mol. The molecule has 0 aliphatic carbocycles. The zero-order valence-corrected chi connectivity index (χ0v) is 13.9. The lowest BCUT2D eigenvalue weighted by atomic mass is 10.1. The maximum Gasteiger partial charge on any atom is 0.244 e. The van der Waals surface area contributed by atoms with Crippen LogP contribution >= 0.6 is 0 Å². The van der Waals surface area contributed by atoms with E-state index >= 15 is 0 Å². The van der Waals surface area contributed by atoms with Crippen molar-refractivity contribution < 1.29 is 12.9 Å². The summed E-state index contributed by atoms with van der Waals surface area (Å²) in [6.07, 6.45) is 3.31. The highest BCUT2D eigenvalue weighted by Crippen LogP contribution is 2.30. The van der Waals surface area contributed by atoms with Crippen molar-refractivity contribution in [2.24, 2.45) is 0 Å². The summed E-state index contributed by atoms with van der Waals surface area (Å²) in [4.78, 5) is 0.278. The highest BCUT2D eigenvalue weighted by atomic mass is 32.2. The zero-order valence-electron chi connectivity index (χ0n) is 13.1. The first-order chi connectivity index (χ1) is 11.1. The third-order valence-corrected chi connectivity index (χ3v) is 6.11. The van der Waals surface area contributed by atoms with E-state index in [0.717, 1.165) is 12.8 Å². The molecule has 2 heterocycles. The molecule has 0 bridgehead atoms. The predicted octanol–water partition coefficient (Wildman–Crippen LogP) is 2.10. The molecule has 0 saturated carbocycles. The van der Waals surface area contributed by atoms with Crippen LogP contribution in [0.2, 0.25) is 0 Å². The van der Waals surface area contributed by atoms with Crippen molar-refractivity contribution in [3.05, 3.63) is 36.5 Å². The Labute approximate surface area is 136 Å². The molecule has 3 rings (SSSR count). The van der Waals surface area contributed by atoms with Crippen molar-refractivity contribution >= 4 is 10.0 Å². The molecule has 2 aromatic rings. The second-order valence-corrected chi connectivity index (χ2v) is 7.49. The average Bonchev–Trinajstić information content (AvgIpc) is 3.10. The Morgan fingerprint density at radius 1 is 1.35 bits per heavy atom. The second kappa shape index (κ2) is 6.82. The molecule has 1 aliphatic rings. The van der Waals surface area contributed by atoms with E-state index in [2.05, 4.69) is 17.4 Å². The van der Waals surface area contributed by atoms with Gasteiger partial charge >= 0.3 is 0 Å². The van der Waals surface area contributed by atoms with Gasteiger partial charge in [-0.25, -0.2) is 8.42 Å². The van der Waals surface area contributed by atoms with Crippen molar-refractivity contribution in [2.45, 2.75) is 30.7 Å². The van der Waals surface area contributed by atoms with Crippen molar-refractivity contribution in [2.75, 3.05) is 19.6 Å². The van der Waals surface area contributed by atoms with Crippen molar-refractivity contribution in [3.63, 3.8) is 0 Å². The van der Waals surface area contributed by atoms with Gasteiger partial charge in [-0.2, -0.15) is 4.31 Å². The Balaban J connectivity index is 2.03. The number of sulfonamides is 1. The minimum Gasteiger partial charge on any atom is -0.356 e. The van der Waals surface area contributed by atoms with Crippen LogP contribution in [0.5, 0.6) is 0 Å². The van der Waals surface area contributed by atoms with Gasteiger partial charge < -0.3 is 9.84 Å². The average molecular weight is 335 g/mol. The molecule has 0 radical (unpaired) electrons. The monoisotopic (exact) mass is 335 g/mol. The number of rotatable bonds is 5. The fourth-order valence-electron chi connectivity index (χ4n) is 3.01. The van der Waals surface area contributed by atoms with Crippen LogP contribution in [0.25, 0.3) is 11.3 Å². The van der Waals surface area contributed by atoms with E-state index in [0.29, 0.717) is 31.0 Å². The smallest absolute Gasteiger partial charge is 0.244 e. The minimum atomic E-state index is -3.58. The number of piperazine rings is 1. The minimum absolute atomic E-state index is 0.0125. The SMILES string of the molecule is CCCC1CNCCN1S(=O)(=O)c1ccccc1-c1ccno1. The van der Waals surface area contributed by atoms with Gasteiger partial charge in [0.25, 0.3) is 0 Å². The molecule has 1 atom stereocenters. The van der Waals surface area contributed by atoms with Crippen molar-refractivity contribution in [1.29, 1.82) is 0 Å².